The zero-order chi connectivity index (χ0) is 29.6. The Morgan fingerprint density at radius 1 is 1.18 bits per heavy atom. The van der Waals surface area contributed by atoms with Crippen LogP contribution in [0.1, 0.15) is 58.4 Å². The summed E-state index contributed by atoms with van der Waals surface area (Å²) in [7, 11) is 1.01. The van der Waals surface area contributed by atoms with Crippen molar-refractivity contribution >= 4 is 23.8 Å². The highest BCUT2D eigenvalue weighted by Crippen LogP contribution is 2.38. The molecule has 1 aromatic rings. The van der Waals surface area contributed by atoms with Crippen molar-refractivity contribution in [3.05, 3.63) is 23.9 Å². The largest absolute Gasteiger partial charge is 0.469 e. The van der Waals surface area contributed by atoms with Crippen LogP contribution < -0.4 is 10.6 Å². The number of anilines is 1. The van der Waals surface area contributed by atoms with Gasteiger partial charge in [-0.25, -0.2) is 18.6 Å². The minimum absolute atomic E-state index is 0.0311. The lowest BCUT2D eigenvalue weighted by atomic mass is 9.81. The third-order valence-electron chi connectivity index (χ3n) is 6.17. The average molecular weight is 568 g/mol. The van der Waals surface area contributed by atoms with E-state index in [0.29, 0.717) is 5.56 Å². The van der Waals surface area contributed by atoms with Crippen LogP contribution in [0, 0.1) is 11.8 Å². The number of hydrogen-bond acceptors (Lipinski definition) is 7. The van der Waals surface area contributed by atoms with Crippen molar-refractivity contribution < 1.29 is 50.9 Å². The number of pyridine rings is 1. The van der Waals surface area contributed by atoms with Crippen molar-refractivity contribution in [2.24, 2.45) is 11.8 Å². The first-order chi connectivity index (χ1) is 17.9. The van der Waals surface area contributed by atoms with Crippen LogP contribution in [0.2, 0.25) is 0 Å². The number of hydrogen-bond donors (Lipinski definition) is 3. The van der Waals surface area contributed by atoms with Crippen molar-refractivity contribution in [3.8, 4) is 0 Å². The normalized spacial score (nSPS) is 18.4. The second kappa shape index (κ2) is 12.9. The van der Waals surface area contributed by atoms with E-state index in [1.54, 1.807) is 20.8 Å². The smallest absolute Gasteiger partial charge is 0.414 e. The molecule has 0 bridgehead atoms. The van der Waals surface area contributed by atoms with Crippen molar-refractivity contribution in [2.75, 3.05) is 12.4 Å². The van der Waals surface area contributed by atoms with Gasteiger partial charge >= 0.3 is 18.2 Å². The van der Waals surface area contributed by atoms with Gasteiger partial charge in [-0.1, -0.05) is 0 Å². The number of halogens is 5. The highest BCUT2D eigenvalue weighted by Gasteiger charge is 2.42. The maximum atomic E-state index is 13.7. The lowest BCUT2D eigenvalue weighted by Crippen LogP contribution is -2.51. The molecule has 2 amide bonds. The molecule has 220 valence electrons. The summed E-state index contributed by atoms with van der Waals surface area (Å²) in [5, 5.41) is 14.4. The quantitative estimate of drug-likeness (QED) is 0.299. The summed E-state index contributed by atoms with van der Waals surface area (Å²) < 4.78 is 75.7. The Hall–Kier alpha value is -3.03. The fourth-order valence-electron chi connectivity index (χ4n) is 4.22. The van der Waals surface area contributed by atoms with Crippen molar-refractivity contribution in [2.45, 2.75) is 89.1 Å². The minimum Gasteiger partial charge on any atom is -0.469 e. The lowest BCUT2D eigenvalue weighted by molar-refractivity contribution is -0.209. The number of nitrogens with zero attached hydrogens (tertiary/aromatic N) is 1. The minimum atomic E-state index is -4.93. The van der Waals surface area contributed by atoms with Crippen LogP contribution in [-0.2, 0) is 25.5 Å². The van der Waals surface area contributed by atoms with Gasteiger partial charge in [0.15, 0.2) is 6.10 Å². The molecule has 0 aliphatic heterocycles. The van der Waals surface area contributed by atoms with Crippen LogP contribution in [0.3, 0.4) is 0 Å². The van der Waals surface area contributed by atoms with Gasteiger partial charge in [-0.15, -0.1) is 0 Å². The Morgan fingerprint density at radius 2 is 1.79 bits per heavy atom. The molecule has 1 saturated carbocycles. The monoisotopic (exact) mass is 567 g/mol. The van der Waals surface area contributed by atoms with Crippen molar-refractivity contribution in [1.82, 2.24) is 10.3 Å². The van der Waals surface area contributed by atoms with Gasteiger partial charge in [0.05, 0.1) is 13.0 Å². The molecule has 2 rings (SSSR count). The molecule has 3 N–H and O–H groups in total. The first-order valence-electron chi connectivity index (χ1n) is 12.4. The summed E-state index contributed by atoms with van der Waals surface area (Å²) in [6.45, 7) is 4.86. The number of aliphatic hydroxyl groups excluding tert-OH is 1. The molecule has 1 heterocycles. The number of alkyl halides is 5. The SMILES string of the molecule is COC(=O)C(Cc1ccnc(NC(=O)[C@@H](NC(=O)OC(C)(C)C)C2CCC(F)(F)CC2)c1)CC(O)C(F)(F)F. The van der Waals surface area contributed by atoms with E-state index >= 15 is 0 Å². The number of ether oxygens (including phenoxy) is 2. The number of amides is 2. The number of nitrogens with one attached hydrogen (secondary N) is 2. The second-order valence-electron chi connectivity index (χ2n) is 10.6. The van der Waals surface area contributed by atoms with E-state index in [1.807, 2.05) is 0 Å². The topological polar surface area (TPSA) is 127 Å². The van der Waals surface area contributed by atoms with Crippen LogP contribution in [0.15, 0.2) is 18.3 Å². The Morgan fingerprint density at radius 3 is 2.33 bits per heavy atom. The number of methoxy groups -OCH3 is 1. The Balaban J connectivity index is 2.20. The van der Waals surface area contributed by atoms with Crippen molar-refractivity contribution in [1.29, 1.82) is 0 Å². The predicted molar refractivity (Wildman–Crippen MR) is 129 cm³/mol. The third kappa shape index (κ3) is 10.6. The first kappa shape index (κ1) is 32.2. The molecule has 1 aromatic heterocycles. The van der Waals surface area contributed by atoms with Crippen LogP contribution in [-0.4, -0.2) is 65.0 Å². The maximum absolute atomic E-state index is 13.7. The molecule has 1 aliphatic carbocycles. The molecule has 2 unspecified atom stereocenters. The third-order valence-corrected chi connectivity index (χ3v) is 6.17. The van der Waals surface area contributed by atoms with Gasteiger partial charge in [-0.3, -0.25) is 9.59 Å². The van der Waals surface area contributed by atoms with Crippen molar-refractivity contribution in [3.63, 3.8) is 0 Å². The van der Waals surface area contributed by atoms with E-state index in [1.165, 1.54) is 18.3 Å². The molecule has 14 heteroatoms. The molecule has 0 spiro atoms. The highest BCUT2D eigenvalue weighted by molar-refractivity contribution is 5.96. The van der Waals surface area contributed by atoms with Crippen LogP contribution in [0.25, 0.3) is 0 Å². The molecule has 1 aliphatic rings. The number of rotatable bonds is 9. The molecule has 0 saturated heterocycles. The highest BCUT2D eigenvalue weighted by atomic mass is 19.4. The van der Waals surface area contributed by atoms with Gasteiger partial charge in [0.25, 0.3) is 0 Å². The molecule has 1 fully saturated rings. The van der Waals surface area contributed by atoms with E-state index in [0.717, 1.165) is 7.11 Å². The number of aliphatic hydroxyl groups is 1. The number of carbonyl (C=O) groups is 3. The number of alkyl carbamates (subject to hydrolysis) is 1. The molecule has 9 nitrogen and oxygen atoms in total. The molecular formula is C25H34F5N3O6. The molecule has 0 aromatic carbocycles. The standard InChI is InChI=1S/C25H34F5N3O6/c1-23(2,3)39-22(37)33-19(15-5-8-24(26,27)9-6-15)20(35)32-18-12-14(7-10-31-18)11-16(21(36)38-4)13-17(34)25(28,29)30/h7,10,12,15-17,19,34H,5-6,8-9,11,13H2,1-4H3,(H,33,37)(H,31,32,35)/t16?,17?,19-/m0/s1. The van der Waals surface area contributed by atoms with E-state index in [4.69, 9.17) is 4.74 Å². The summed E-state index contributed by atoms with van der Waals surface area (Å²) in [5.41, 5.74) is -0.574. The van der Waals surface area contributed by atoms with Gasteiger partial charge in [0.2, 0.25) is 11.8 Å². The van der Waals surface area contributed by atoms with Crippen LogP contribution in [0.4, 0.5) is 32.6 Å². The van der Waals surface area contributed by atoms with Gasteiger partial charge in [0.1, 0.15) is 17.5 Å². The number of carbonyl (C=O) groups excluding carboxylic acids is 3. The Labute approximate surface area is 222 Å². The Bertz CT molecular complexity index is 1000. The molecule has 3 atom stereocenters. The molecule has 39 heavy (non-hydrogen) atoms. The van der Waals surface area contributed by atoms with Gasteiger partial charge in [-0.2, -0.15) is 13.2 Å². The fraction of sp³-hybridized carbons (Fsp3) is 0.680. The lowest BCUT2D eigenvalue weighted by Gasteiger charge is -2.33. The zero-order valence-corrected chi connectivity index (χ0v) is 22.1. The zero-order valence-electron chi connectivity index (χ0n) is 22.1. The van der Waals surface area contributed by atoms with E-state index in [9.17, 15) is 41.4 Å². The van der Waals surface area contributed by atoms with E-state index < -0.39 is 78.9 Å². The maximum Gasteiger partial charge on any atom is 0.414 e. The van der Waals surface area contributed by atoms with Crippen LogP contribution >= 0.6 is 0 Å². The summed E-state index contributed by atoms with van der Waals surface area (Å²) in [6, 6.07) is 1.49. The van der Waals surface area contributed by atoms with E-state index in [2.05, 4.69) is 20.4 Å². The van der Waals surface area contributed by atoms with E-state index in [-0.39, 0.29) is 25.1 Å². The Kier molecular flexibility index (Phi) is 10.6. The summed E-state index contributed by atoms with van der Waals surface area (Å²) >= 11 is 0. The summed E-state index contributed by atoms with van der Waals surface area (Å²) in [4.78, 5) is 41.6. The number of aromatic nitrogens is 1. The first-order valence-corrected chi connectivity index (χ1v) is 12.4. The van der Waals surface area contributed by atoms with Gasteiger partial charge in [-0.05, 0) is 70.1 Å². The van der Waals surface area contributed by atoms with Gasteiger partial charge < -0.3 is 25.2 Å². The second-order valence-corrected chi connectivity index (χ2v) is 10.6. The van der Waals surface area contributed by atoms with Crippen LogP contribution in [0.5, 0.6) is 0 Å². The summed E-state index contributed by atoms with van der Waals surface area (Å²) in [5.74, 6) is -6.59. The summed E-state index contributed by atoms with van der Waals surface area (Å²) in [6.07, 6.45) is -9.51. The van der Waals surface area contributed by atoms with Gasteiger partial charge in [0, 0.05) is 19.0 Å². The molecular weight excluding hydrogens is 533 g/mol. The average Bonchev–Trinajstić information content (AvgIpc) is 2.80. The molecule has 0 radical (unpaired) electrons. The number of esters is 1. The fourth-order valence-corrected chi connectivity index (χ4v) is 4.22. The predicted octanol–water partition coefficient (Wildman–Crippen LogP) is 4.38.